The highest BCUT2D eigenvalue weighted by Crippen LogP contribution is 2.26. The van der Waals surface area contributed by atoms with Crippen LogP contribution in [0.5, 0.6) is 5.75 Å². The molecule has 3 aromatic rings. The standard InChI is InChI=1S/C25H30N4O2S/c1-16-11-17(2)24(18(3)12-16)26-23(30)15-32-25-28-27-22(29(25)4)14-31-21-10-9-19-7-5-6-8-20(19)13-21/h9-13H,5-8,14-15H2,1-4H3,(H,26,30). The zero-order valence-corrected chi connectivity index (χ0v) is 20.0. The maximum Gasteiger partial charge on any atom is 0.234 e. The lowest BCUT2D eigenvalue weighted by molar-refractivity contribution is -0.113. The number of rotatable bonds is 7. The smallest absolute Gasteiger partial charge is 0.234 e. The predicted octanol–water partition coefficient (Wildman–Crippen LogP) is 4.93. The molecule has 0 spiro atoms. The van der Waals surface area contributed by atoms with E-state index >= 15 is 0 Å². The summed E-state index contributed by atoms with van der Waals surface area (Å²) in [6, 6.07) is 10.5. The summed E-state index contributed by atoms with van der Waals surface area (Å²) in [4.78, 5) is 12.5. The minimum absolute atomic E-state index is 0.0556. The van der Waals surface area contributed by atoms with Crippen LogP contribution >= 0.6 is 11.8 Å². The van der Waals surface area contributed by atoms with Gasteiger partial charge in [0.2, 0.25) is 5.91 Å². The molecule has 0 atom stereocenters. The van der Waals surface area contributed by atoms with E-state index in [0.29, 0.717) is 11.8 Å². The molecule has 1 aromatic heterocycles. The minimum Gasteiger partial charge on any atom is -0.486 e. The molecular weight excluding hydrogens is 420 g/mol. The zero-order valence-electron chi connectivity index (χ0n) is 19.2. The van der Waals surface area contributed by atoms with Crippen LogP contribution in [0.15, 0.2) is 35.5 Å². The number of aromatic nitrogens is 3. The second-order valence-electron chi connectivity index (χ2n) is 8.49. The number of aryl methyl sites for hydroxylation is 5. The maximum atomic E-state index is 12.5. The van der Waals surface area contributed by atoms with Gasteiger partial charge in [0.05, 0.1) is 5.75 Å². The highest BCUT2D eigenvalue weighted by Gasteiger charge is 2.15. The Bertz CT molecular complexity index is 1120. The van der Waals surface area contributed by atoms with E-state index < -0.39 is 0 Å². The Hall–Kier alpha value is -2.80. The zero-order chi connectivity index (χ0) is 22.7. The van der Waals surface area contributed by atoms with Gasteiger partial charge in [-0.1, -0.05) is 35.5 Å². The molecular formula is C25H30N4O2S. The topological polar surface area (TPSA) is 69.0 Å². The van der Waals surface area contributed by atoms with Gasteiger partial charge in [-0.05, 0) is 80.8 Å². The second-order valence-corrected chi connectivity index (χ2v) is 9.44. The van der Waals surface area contributed by atoms with Crippen LogP contribution < -0.4 is 10.1 Å². The van der Waals surface area contributed by atoms with Gasteiger partial charge in [-0.2, -0.15) is 0 Å². The Morgan fingerprint density at radius 1 is 1.06 bits per heavy atom. The van der Waals surface area contributed by atoms with Gasteiger partial charge in [-0.3, -0.25) is 4.79 Å². The monoisotopic (exact) mass is 450 g/mol. The van der Waals surface area contributed by atoms with Gasteiger partial charge >= 0.3 is 0 Å². The summed E-state index contributed by atoms with van der Waals surface area (Å²) in [5.74, 6) is 1.81. The summed E-state index contributed by atoms with van der Waals surface area (Å²) in [5, 5.41) is 12.2. The van der Waals surface area contributed by atoms with Crippen molar-refractivity contribution in [2.75, 3.05) is 11.1 Å². The normalized spacial score (nSPS) is 13.0. The average Bonchev–Trinajstić information content (AvgIpc) is 3.12. The summed E-state index contributed by atoms with van der Waals surface area (Å²) in [6.07, 6.45) is 4.81. The summed E-state index contributed by atoms with van der Waals surface area (Å²) in [7, 11) is 1.90. The molecule has 1 N–H and O–H groups in total. The molecule has 0 fully saturated rings. The summed E-state index contributed by atoms with van der Waals surface area (Å²) in [6.45, 7) is 6.43. The second kappa shape index (κ2) is 9.77. The van der Waals surface area contributed by atoms with Gasteiger partial charge < -0.3 is 14.6 Å². The molecule has 0 radical (unpaired) electrons. The lowest BCUT2D eigenvalue weighted by Gasteiger charge is -2.16. The summed E-state index contributed by atoms with van der Waals surface area (Å²) in [5.41, 5.74) is 7.06. The van der Waals surface area contributed by atoms with Crippen molar-refractivity contribution < 1.29 is 9.53 Å². The molecule has 0 bridgehead atoms. The van der Waals surface area contributed by atoms with Crippen molar-refractivity contribution in [3.8, 4) is 5.75 Å². The van der Waals surface area contributed by atoms with Crippen molar-refractivity contribution in [1.82, 2.24) is 14.8 Å². The number of nitrogens with one attached hydrogen (secondary N) is 1. The fourth-order valence-corrected chi connectivity index (χ4v) is 4.96. The van der Waals surface area contributed by atoms with E-state index in [-0.39, 0.29) is 11.7 Å². The summed E-state index contributed by atoms with van der Waals surface area (Å²) >= 11 is 1.37. The highest BCUT2D eigenvalue weighted by atomic mass is 32.2. The first-order chi connectivity index (χ1) is 15.4. The quantitative estimate of drug-likeness (QED) is 0.517. The molecule has 32 heavy (non-hydrogen) atoms. The fourth-order valence-electron chi connectivity index (χ4n) is 4.23. The van der Waals surface area contributed by atoms with Gasteiger partial charge in [-0.25, -0.2) is 0 Å². The lowest BCUT2D eigenvalue weighted by Crippen LogP contribution is -2.16. The van der Waals surface area contributed by atoms with Crippen LogP contribution in [-0.4, -0.2) is 26.4 Å². The van der Waals surface area contributed by atoms with Crippen LogP contribution in [0.1, 0.15) is 46.5 Å². The Kier molecular flexibility index (Phi) is 6.84. The van der Waals surface area contributed by atoms with Crippen LogP contribution in [0.2, 0.25) is 0 Å². The maximum absolute atomic E-state index is 12.5. The van der Waals surface area contributed by atoms with E-state index in [9.17, 15) is 4.79 Å². The van der Waals surface area contributed by atoms with Crippen molar-refractivity contribution in [2.24, 2.45) is 7.05 Å². The van der Waals surface area contributed by atoms with Crippen LogP contribution in [0, 0.1) is 20.8 Å². The molecule has 168 valence electrons. The van der Waals surface area contributed by atoms with Crippen molar-refractivity contribution in [3.05, 3.63) is 64.0 Å². The molecule has 6 nitrogen and oxygen atoms in total. The van der Waals surface area contributed by atoms with Crippen LogP contribution in [0.3, 0.4) is 0 Å². The van der Waals surface area contributed by atoms with Gasteiger partial charge in [0, 0.05) is 12.7 Å². The molecule has 1 heterocycles. The lowest BCUT2D eigenvalue weighted by atomic mass is 9.92. The minimum atomic E-state index is -0.0556. The first-order valence-corrected chi connectivity index (χ1v) is 12.0. The number of thioether (sulfide) groups is 1. The third-order valence-corrected chi connectivity index (χ3v) is 6.91. The SMILES string of the molecule is Cc1cc(C)c(NC(=O)CSc2nnc(COc3ccc4c(c3)CCCC4)n2C)c(C)c1. The number of ether oxygens (including phenoxy) is 1. The number of hydrogen-bond donors (Lipinski definition) is 1. The van der Waals surface area contributed by atoms with Crippen molar-refractivity contribution in [2.45, 2.75) is 58.2 Å². The number of fused-ring (bicyclic) bond motifs is 1. The van der Waals surface area contributed by atoms with Crippen LogP contribution in [-0.2, 0) is 31.3 Å². The Labute approximate surface area is 193 Å². The summed E-state index contributed by atoms with van der Waals surface area (Å²) < 4.78 is 7.87. The molecule has 0 saturated heterocycles. The molecule has 7 heteroatoms. The average molecular weight is 451 g/mol. The number of carbonyl (C=O) groups excluding carboxylic acids is 1. The van der Waals surface area contributed by atoms with Gasteiger partial charge in [0.15, 0.2) is 11.0 Å². The highest BCUT2D eigenvalue weighted by molar-refractivity contribution is 7.99. The van der Waals surface area contributed by atoms with Gasteiger partial charge in [-0.15, -0.1) is 10.2 Å². The molecule has 0 saturated carbocycles. The first kappa shape index (κ1) is 22.4. The van der Waals surface area contributed by atoms with Gasteiger partial charge in [0.25, 0.3) is 0 Å². The van der Waals surface area contributed by atoms with Crippen molar-refractivity contribution in [1.29, 1.82) is 0 Å². The molecule has 4 rings (SSSR count). The molecule has 1 amide bonds. The Morgan fingerprint density at radius 2 is 1.78 bits per heavy atom. The molecule has 2 aromatic carbocycles. The number of benzene rings is 2. The molecule has 1 aliphatic rings. The molecule has 1 aliphatic carbocycles. The number of hydrogen-bond acceptors (Lipinski definition) is 5. The van der Waals surface area contributed by atoms with E-state index in [4.69, 9.17) is 4.74 Å². The Morgan fingerprint density at radius 3 is 2.53 bits per heavy atom. The molecule has 0 unspecified atom stereocenters. The van der Waals surface area contributed by atoms with Crippen LogP contribution in [0.4, 0.5) is 5.69 Å². The van der Waals surface area contributed by atoms with E-state index in [1.165, 1.54) is 41.3 Å². The number of amides is 1. The van der Waals surface area contributed by atoms with Crippen molar-refractivity contribution >= 4 is 23.4 Å². The number of nitrogens with zero attached hydrogens (tertiary/aromatic N) is 3. The first-order valence-electron chi connectivity index (χ1n) is 11.0. The van der Waals surface area contributed by atoms with Crippen molar-refractivity contribution in [3.63, 3.8) is 0 Å². The number of anilines is 1. The van der Waals surface area contributed by atoms with Gasteiger partial charge in [0.1, 0.15) is 12.4 Å². The van der Waals surface area contributed by atoms with Crippen LogP contribution in [0.25, 0.3) is 0 Å². The Balaban J connectivity index is 1.32. The molecule has 0 aliphatic heterocycles. The third-order valence-electron chi connectivity index (χ3n) is 5.89. The third kappa shape index (κ3) is 5.15. The fraction of sp³-hybridized carbons (Fsp3) is 0.400. The largest absolute Gasteiger partial charge is 0.486 e. The van der Waals surface area contributed by atoms with E-state index in [2.05, 4.69) is 46.7 Å². The predicted molar refractivity (Wildman–Crippen MR) is 128 cm³/mol. The number of carbonyl (C=O) groups is 1. The van der Waals surface area contributed by atoms with E-state index in [1.807, 2.05) is 31.5 Å². The van der Waals surface area contributed by atoms with E-state index in [1.54, 1.807) is 0 Å². The van der Waals surface area contributed by atoms with E-state index in [0.717, 1.165) is 41.2 Å².